The fourth-order valence-electron chi connectivity index (χ4n) is 5.08. The summed E-state index contributed by atoms with van der Waals surface area (Å²) >= 11 is 0. The van der Waals surface area contributed by atoms with Crippen LogP contribution in [0.25, 0.3) is 10.9 Å². The van der Waals surface area contributed by atoms with E-state index in [1.165, 1.54) is 0 Å². The van der Waals surface area contributed by atoms with Gasteiger partial charge in [-0.2, -0.15) is 0 Å². The first-order valence-electron chi connectivity index (χ1n) is 13.6. The first kappa shape index (κ1) is 26.2. The molecule has 0 aliphatic carbocycles. The van der Waals surface area contributed by atoms with Crippen LogP contribution in [0.4, 0.5) is 17.3 Å². The third-order valence-electron chi connectivity index (χ3n) is 7.16. The SMILES string of the molecule is Cc1cc(Nc2ncnc3cnc(N4CCNCC4)cc23)ccc1OC1CCN(C(=O)CC(C)(C)C)CC1. The highest BCUT2D eigenvalue weighted by molar-refractivity contribution is 5.92. The minimum absolute atomic E-state index is 0.0135. The lowest BCUT2D eigenvalue weighted by atomic mass is 9.91. The van der Waals surface area contributed by atoms with Crippen molar-refractivity contribution in [1.29, 1.82) is 0 Å². The Kier molecular flexibility index (Phi) is 7.65. The third-order valence-corrected chi connectivity index (χ3v) is 7.16. The number of aryl methyl sites for hydroxylation is 1. The van der Waals surface area contributed by atoms with Gasteiger partial charge in [-0.1, -0.05) is 20.8 Å². The quantitative estimate of drug-likeness (QED) is 0.500. The van der Waals surface area contributed by atoms with E-state index >= 15 is 0 Å². The Morgan fingerprint density at radius 3 is 2.55 bits per heavy atom. The molecule has 2 fully saturated rings. The lowest BCUT2D eigenvalue weighted by Gasteiger charge is -2.34. The van der Waals surface area contributed by atoms with Gasteiger partial charge < -0.3 is 25.2 Å². The zero-order valence-electron chi connectivity index (χ0n) is 23.0. The number of ether oxygens (including phenoxy) is 1. The Hall–Kier alpha value is -3.46. The molecule has 4 heterocycles. The normalized spacial score (nSPS) is 17.1. The number of amides is 1. The molecule has 2 aliphatic heterocycles. The zero-order valence-corrected chi connectivity index (χ0v) is 23.0. The average Bonchev–Trinajstić information content (AvgIpc) is 2.90. The fourth-order valence-corrected chi connectivity index (χ4v) is 5.08. The molecule has 9 nitrogen and oxygen atoms in total. The number of hydrogen-bond donors (Lipinski definition) is 2. The average molecular weight is 518 g/mol. The predicted octanol–water partition coefficient (Wildman–Crippen LogP) is 4.29. The van der Waals surface area contributed by atoms with Crippen molar-refractivity contribution in [2.75, 3.05) is 49.5 Å². The summed E-state index contributed by atoms with van der Waals surface area (Å²) in [5.74, 6) is 2.83. The monoisotopic (exact) mass is 517 g/mol. The van der Waals surface area contributed by atoms with Crippen LogP contribution in [-0.4, -0.2) is 71.1 Å². The number of piperazine rings is 1. The van der Waals surface area contributed by atoms with Crippen molar-refractivity contribution in [2.45, 2.75) is 53.1 Å². The number of rotatable bonds is 6. The van der Waals surface area contributed by atoms with Crippen LogP contribution >= 0.6 is 0 Å². The van der Waals surface area contributed by atoms with E-state index in [4.69, 9.17) is 4.74 Å². The molecular weight excluding hydrogens is 478 g/mol. The van der Waals surface area contributed by atoms with E-state index in [0.717, 1.165) is 91.6 Å². The molecule has 2 N–H and O–H groups in total. The second-order valence-electron chi connectivity index (χ2n) is 11.6. The van der Waals surface area contributed by atoms with E-state index in [2.05, 4.69) is 70.3 Å². The van der Waals surface area contributed by atoms with Crippen molar-refractivity contribution in [2.24, 2.45) is 5.41 Å². The minimum Gasteiger partial charge on any atom is -0.490 e. The molecule has 9 heteroatoms. The molecule has 38 heavy (non-hydrogen) atoms. The van der Waals surface area contributed by atoms with Gasteiger partial charge in [0.25, 0.3) is 0 Å². The number of hydrogen-bond acceptors (Lipinski definition) is 8. The highest BCUT2D eigenvalue weighted by Gasteiger charge is 2.27. The fraction of sp³-hybridized carbons (Fsp3) is 0.517. The second kappa shape index (κ2) is 11.1. The highest BCUT2D eigenvalue weighted by Crippen LogP contribution is 2.30. The molecule has 202 valence electrons. The van der Waals surface area contributed by atoms with E-state index in [9.17, 15) is 4.79 Å². The Labute approximate surface area is 225 Å². The van der Waals surface area contributed by atoms with Crippen LogP contribution in [0.3, 0.4) is 0 Å². The summed E-state index contributed by atoms with van der Waals surface area (Å²) < 4.78 is 6.36. The molecule has 1 amide bonds. The van der Waals surface area contributed by atoms with Gasteiger partial charge in [0, 0.05) is 69.6 Å². The van der Waals surface area contributed by atoms with Crippen molar-refractivity contribution in [1.82, 2.24) is 25.2 Å². The number of carbonyl (C=O) groups is 1. The van der Waals surface area contributed by atoms with E-state index in [1.54, 1.807) is 6.33 Å². The van der Waals surface area contributed by atoms with Crippen LogP contribution in [0.2, 0.25) is 0 Å². The number of aromatic nitrogens is 3. The highest BCUT2D eigenvalue weighted by atomic mass is 16.5. The Morgan fingerprint density at radius 1 is 1.08 bits per heavy atom. The van der Waals surface area contributed by atoms with Gasteiger partial charge in [0.2, 0.25) is 5.91 Å². The van der Waals surface area contributed by atoms with Gasteiger partial charge in [-0.3, -0.25) is 4.79 Å². The topological polar surface area (TPSA) is 95.5 Å². The summed E-state index contributed by atoms with van der Waals surface area (Å²) in [6.07, 6.45) is 5.80. The number of benzene rings is 1. The maximum absolute atomic E-state index is 12.6. The van der Waals surface area contributed by atoms with Crippen LogP contribution in [0.1, 0.15) is 45.6 Å². The molecule has 2 aliphatic rings. The van der Waals surface area contributed by atoms with E-state index in [0.29, 0.717) is 6.42 Å². The molecule has 5 rings (SSSR count). The molecule has 1 aromatic carbocycles. The molecule has 0 atom stereocenters. The summed E-state index contributed by atoms with van der Waals surface area (Å²) in [5.41, 5.74) is 2.82. The Bertz CT molecular complexity index is 1280. The summed E-state index contributed by atoms with van der Waals surface area (Å²) in [6.45, 7) is 13.7. The van der Waals surface area contributed by atoms with Gasteiger partial charge in [-0.25, -0.2) is 15.0 Å². The maximum Gasteiger partial charge on any atom is 0.223 e. The number of anilines is 3. The number of carbonyl (C=O) groups excluding carboxylic acids is 1. The molecule has 0 saturated carbocycles. The number of nitrogens with zero attached hydrogens (tertiary/aromatic N) is 5. The van der Waals surface area contributed by atoms with Gasteiger partial charge in [0.1, 0.15) is 29.8 Å². The summed E-state index contributed by atoms with van der Waals surface area (Å²) in [7, 11) is 0. The molecule has 0 unspecified atom stereocenters. The van der Waals surface area contributed by atoms with Crippen molar-refractivity contribution < 1.29 is 9.53 Å². The second-order valence-corrected chi connectivity index (χ2v) is 11.6. The van der Waals surface area contributed by atoms with Gasteiger partial charge in [-0.15, -0.1) is 0 Å². The van der Waals surface area contributed by atoms with Crippen molar-refractivity contribution in [3.8, 4) is 5.75 Å². The van der Waals surface area contributed by atoms with Crippen molar-refractivity contribution in [3.63, 3.8) is 0 Å². The number of nitrogens with one attached hydrogen (secondary N) is 2. The largest absolute Gasteiger partial charge is 0.490 e. The lowest BCUT2D eigenvalue weighted by Crippen LogP contribution is -2.43. The van der Waals surface area contributed by atoms with E-state index in [-0.39, 0.29) is 17.4 Å². The zero-order chi connectivity index (χ0) is 26.7. The van der Waals surface area contributed by atoms with Crippen LogP contribution in [0.5, 0.6) is 5.75 Å². The third kappa shape index (κ3) is 6.32. The summed E-state index contributed by atoms with van der Waals surface area (Å²) in [5, 5.41) is 7.80. The molecule has 0 radical (unpaired) electrons. The van der Waals surface area contributed by atoms with Crippen LogP contribution in [0, 0.1) is 12.3 Å². The lowest BCUT2D eigenvalue weighted by molar-refractivity contribution is -0.134. The van der Waals surface area contributed by atoms with Crippen molar-refractivity contribution >= 4 is 34.1 Å². The van der Waals surface area contributed by atoms with Crippen LogP contribution < -0.4 is 20.3 Å². The number of pyridine rings is 1. The van der Waals surface area contributed by atoms with Crippen LogP contribution in [0.15, 0.2) is 36.8 Å². The Balaban J connectivity index is 1.23. The van der Waals surface area contributed by atoms with Gasteiger partial charge >= 0.3 is 0 Å². The number of fused-ring (bicyclic) bond motifs is 1. The first-order valence-corrected chi connectivity index (χ1v) is 13.6. The predicted molar refractivity (Wildman–Crippen MR) is 151 cm³/mol. The number of likely N-dealkylation sites (tertiary alicyclic amines) is 1. The molecule has 3 aromatic rings. The Morgan fingerprint density at radius 2 is 1.84 bits per heavy atom. The summed E-state index contributed by atoms with van der Waals surface area (Å²) in [4.78, 5) is 30.4. The van der Waals surface area contributed by atoms with E-state index in [1.807, 2.05) is 23.2 Å². The standard InChI is InChI=1S/C29H39N7O2/c1-20-15-21(5-6-25(20)38-22-7-11-36(12-8-22)27(37)17-29(2,3)4)34-28-23-16-26(35-13-9-30-10-14-35)31-18-24(23)32-19-33-28/h5-6,15-16,18-19,22,30H,7-14,17H2,1-4H3,(H,32,33,34). The van der Waals surface area contributed by atoms with Gasteiger partial charge in [0.05, 0.1) is 11.7 Å². The molecule has 0 spiro atoms. The smallest absolute Gasteiger partial charge is 0.223 e. The number of piperidine rings is 1. The molecule has 2 aromatic heterocycles. The molecular formula is C29H39N7O2. The van der Waals surface area contributed by atoms with Crippen LogP contribution in [-0.2, 0) is 4.79 Å². The first-order chi connectivity index (χ1) is 18.2. The molecule has 0 bridgehead atoms. The van der Waals surface area contributed by atoms with Crippen molar-refractivity contribution in [3.05, 3.63) is 42.4 Å². The van der Waals surface area contributed by atoms with Gasteiger partial charge in [-0.05, 0) is 42.2 Å². The summed E-state index contributed by atoms with van der Waals surface area (Å²) in [6, 6.07) is 8.21. The minimum atomic E-state index is 0.0135. The maximum atomic E-state index is 12.6. The van der Waals surface area contributed by atoms with E-state index < -0.39 is 0 Å². The van der Waals surface area contributed by atoms with Gasteiger partial charge in [0.15, 0.2) is 0 Å². The molecule has 2 saturated heterocycles.